The van der Waals surface area contributed by atoms with Gasteiger partial charge in [0.1, 0.15) is 5.69 Å². The van der Waals surface area contributed by atoms with Crippen LogP contribution in [0.25, 0.3) is 22.6 Å². The predicted molar refractivity (Wildman–Crippen MR) is 91.3 cm³/mol. The van der Waals surface area contributed by atoms with E-state index in [1.165, 1.54) is 0 Å². The summed E-state index contributed by atoms with van der Waals surface area (Å²) in [5.41, 5.74) is 3.87. The van der Waals surface area contributed by atoms with Gasteiger partial charge in [-0.3, -0.25) is 4.98 Å². The molecule has 0 spiro atoms. The van der Waals surface area contributed by atoms with E-state index in [1.807, 2.05) is 36.4 Å². The van der Waals surface area contributed by atoms with E-state index in [9.17, 15) is 0 Å². The monoisotopic (exact) mass is 320 g/mol. The van der Waals surface area contributed by atoms with Crippen molar-refractivity contribution in [3.05, 3.63) is 77.7 Å². The van der Waals surface area contributed by atoms with Crippen LogP contribution < -0.4 is 0 Å². The predicted octanol–water partition coefficient (Wildman–Crippen LogP) is 4.20. The Kier molecular flexibility index (Phi) is 3.52. The zero-order chi connectivity index (χ0) is 15.6. The van der Waals surface area contributed by atoms with Crippen molar-refractivity contribution < 1.29 is 0 Å². The van der Waals surface area contributed by atoms with Crippen molar-refractivity contribution in [1.29, 1.82) is 0 Å². The number of halogens is 1. The highest BCUT2D eigenvalue weighted by Crippen LogP contribution is 2.24. The van der Waals surface area contributed by atoms with Crippen molar-refractivity contribution in [2.45, 2.75) is 6.54 Å². The Balaban J connectivity index is 1.89. The van der Waals surface area contributed by atoms with Crippen molar-refractivity contribution in [1.82, 2.24) is 19.5 Å². The van der Waals surface area contributed by atoms with Crippen LogP contribution in [0.1, 0.15) is 5.56 Å². The first-order valence-corrected chi connectivity index (χ1v) is 7.65. The highest BCUT2D eigenvalue weighted by Gasteiger charge is 2.13. The van der Waals surface area contributed by atoms with Gasteiger partial charge in [-0.15, -0.1) is 0 Å². The molecule has 0 radical (unpaired) electrons. The molecule has 0 aliphatic rings. The van der Waals surface area contributed by atoms with Crippen molar-refractivity contribution >= 4 is 22.6 Å². The van der Waals surface area contributed by atoms with Crippen molar-refractivity contribution in [3.63, 3.8) is 0 Å². The molecule has 0 aliphatic heterocycles. The lowest BCUT2D eigenvalue weighted by Crippen LogP contribution is -2.03. The summed E-state index contributed by atoms with van der Waals surface area (Å²) < 4.78 is 2.14. The van der Waals surface area contributed by atoms with Crippen molar-refractivity contribution in [2.24, 2.45) is 0 Å². The minimum Gasteiger partial charge on any atom is -0.318 e. The fourth-order valence-electron chi connectivity index (χ4n) is 2.66. The molecule has 0 atom stereocenters. The maximum atomic E-state index is 6.11. The lowest BCUT2D eigenvalue weighted by molar-refractivity contribution is 0.829. The number of hydrogen-bond donors (Lipinski definition) is 0. The van der Waals surface area contributed by atoms with Gasteiger partial charge >= 0.3 is 0 Å². The average Bonchev–Trinajstić information content (AvgIpc) is 2.95. The standard InChI is InChI=1S/C18H13ClN4/c19-14-5-3-4-13(10-14)12-23-17-7-2-1-6-15(17)22-18(23)16-11-20-8-9-21-16/h1-11H,12H2. The number of aromatic nitrogens is 4. The number of imidazole rings is 1. The number of hydrogen-bond acceptors (Lipinski definition) is 3. The number of rotatable bonds is 3. The summed E-state index contributed by atoms with van der Waals surface area (Å²) >= 11 is 6.11. The molecule has 23 heavy (non-hydrogen) atoms. The van der Waals surface area contributed by atoms with E-state index in [2.05, 4.69) is 26.7 Å². The number of para-hydroxylation sites is 2. The maximum Gasteiger partial charge on any atom is 0.161 e. The van der Waals surface area contributed by atoms with Gasteiger partial charge in [0.2, 0.25) is 0 Å². The molecule has 0 saturated carbocycles. The fraction of sp³-hybridized carbons (Fsp3) is 0.0556. The second kappa shape index (κ2) is 5.82. The molecule has 4 rings (SSSR count). The second-order valence-electron chi connectivity index (χ2n) is 5.23. The second-order valence-corrected chi connectivity index (χ2v) is 5.67. The summed E-state index contributed by atoms with van der Waals surface area (Å²) in [4.78, 5) is 13.3. The van der Waals surface area contributed by atoms with Crippen LogP contribution in [0, 0.1) is 0 Å². The first kappa shape index (κ1) is 13.9. The van der Waals surface area contributed by atoms with Gasteiger partial charge in [0, 0.05) is 24.0 Å². The molecule has 0 N–H and O–H groups in total. The molecule has 0 aliphatic carbocycles. The van der Waals surface area contributed by atoms with E-state index >= 15 is 0 Å². The van der Waals surface area contributed by atoms with E-state index in [-0.39, 0.29) is 0 Å². The summed E-state index contributed by atoms with van der Waals surface area (Å²) in [5, 5.41) is 0.730. The molecule has 112 valence electrons. The minimum atomic E-state index is 0.674. The van der Waals surface area contributed by atoms with Crippen LogP contribution in [0.2, 0.25) is 5.02 Å². The molecule has 2 aromatic heterocycles. The Hall–Kier alpha value is -2.72. The highest BCUT2D eigenvalue weighted by atomic mass is 35.5. The Labute approximate surface area is 138 Å². The molecule has 4 nitrogen and oxygen atoms in total. The SMILES string of the molecule is Clc1cccc(Cn2c(-c3cnccn3)nc3ccccc32)c1. The fourth-order valence-corrected chi connectivity index (χ4v) is 2.88. The summed E-state index contributed by atoms with van der Waals surface area (Å²) in [5.74, 6) is 0.805. The molecule has 0 unspecified atom stereocenters. The normalized spacial score (nSPS) is 11.0. The average molecular weight is 321 g/mol. The quantitative estimate of drug-likeness (QED) is 0.568. The molecule has 0 saturated heterocycles. The van der Waals surface area contributed by atoms with Gasteiger partial charge in [-0.25, -0.2) is 9.97 Å². The molecule has 4 aromatic rings. The minimum absolute atomic E-state index is 0.674. The Bertz CT molecular complexity index is 963. The van der Waals surface area contributed by atoms with E-state index in [1.54, 1.807) is 18.6 Å². The largest absolute Gasteiger partial charge is 0.318 e. The summed E-state index contributed by atoms with van der Waals surface area (Å²) in [7, 11) is 0. The van der Waals surface area contributed by atoms with Gasteiger partial charge in [0.05, 0.1) is 17.2 Å². The van der Waals surface area contributed by atoms with Crippen LogP contribution in [0.4, 0.5) is 0 Å². The molecule has 2 heterocycles. The van der Waals surface area contributed by atoms with Gasteiger partial charge in [0.25, 0.3) is 0 Å². The number of benzene rings is 2. The van der Waals surface area contributed by atoms with Gasteiger partial charge < -0.3 is 4.57 Å². The molecule has 0 amide bonds. The Morgan fingerprint density at radius 3 is 2.74 bits per heavy atom. The van der Waals surface area contributed by atoms with Crippen LogP contribution in [0.5, 0.6) is 0 Å². The van der Waals surface area contributed by atoms with Crippen LogP contribution in [0.3, 0.4) is 0 Å². The summed E-state index contributed by atoms with van der Waals surface area (Å²) in [6.45, 7) is 0.674. The van der Waals surface area contributed by atoms with Crippen LogP contribution >= 0.6 is 11.6 Å². The van der Waals surface area contributed by atoms with Gasteiger partial charge in [-0.05, 0) is 29.8 Å². The van der Waals surface area contributed by atoms with Crippen LogP contribution in [0.15, 0.2) is 67.1 Å². The molecule has 0 fully saturated rings. The Morgan fingerprint density at radius 2 is 1.91 bits per heavy atom. The maximum absolute atomic E-state index is 6.11. The lowest BCUT2D eigenvalue weighted by Gasteiger charge is -2.09. The third-order valence-electron chi connectivity index (χ3n) is 3.68. The lowest BCUT2D eigenvalue weighted by atomic mass is 10.2. The number of fused-ring (bicyclic) bond motifs is 1. The summed E-state index contributed by atoms with van der Waals surface area (Å²) in [6, 6.07) is 15.9. The van der Waals surface area contributed by atoms with Crippen LogP contribution in [-0.4, -0.2) is 19.5 Å². The van der Waals surface area contributed by atoms with E-state index < -0.39 is 0 Å². The topological polar surface area (TPSA) is 43.6 Å². The highest BCUT2D eigenvalue weighted by molar-refractivity contribution is 6.30. The van der Waals surface area contributed by atoms with Crippen LogP contribution in [-0.2, 0) is 6.54 Å². The zero-order valence-electron chi connectivity index (χ0n) is 12.2. The van der Waals surface area contributed by atoms with E-state index in [0.29, 0.717) is 6.54 Å². The third-order valence-corrected chi connectivity index (χ3v) is 3.91. The molecule has 2 aromatic carbocycles. The Morgan fingerprint density at radius 1 is 1.00 bits per heavy atom. The zero-order valence-corrected chi connectivity index (χ0v) is 13.0. The van der Waals surface area contributed by atoms with Gasteiger partial charge in [-0.2, -0.15) is 0 Å². The van der Waals surface area contributed by atoms with Gasteiger partial charge in [-0.1, -0.05) is 35.9 Å². The first-order chi connectivity index (χ1) is 11.3. The van der Waals surface area contributed by atoms with Crippen molar-refractivity contribution in [2.75, 3.05) is 0 Å². The smallest absolute Gasteiger partial charge is 0.161 e. The van der Waals surface area contributed by atoms with Gasteiger partial charge in [0.15, 0.2) is 5.82 Å². The van der Waals surface area contributed by atoms with Crippen molar-refractivity contribution in [3.8, 4) is 11.5 Å². The molecular weight excluding hydrogens is 308 g/mol. The number of nitrogens with zero attached hydrogens (tertiary/aromatic N) is 4. The van der Waals surface area contributed by atoms with E-state index in [0.717, 1.165) is 33.1 Å². The first-order valence-electron chi connectivity index (χ1n) is 7.27. The molecule has 0 bridgehead atoms. The van der Waals surface area contributed by atoms with E-state index in [4.69, 9.17) is 16.6 Å². The summed E-state index contributed by atoms with van der Waals surface area (Å²) in [6.07, 6.45) is 5.07. The third kappa shape index (κ3) is 2.69. The molecule has 5 heteroatoms. The molecular formula is C18H13ClN4.